The fraction of sp³-hybridized carbons (Fsp3) is 0.389. The van der Waals surface area contributed by atoms with Gasteiger partial charge in [-0.2, -0.15) is 5.10 Å². The maximum atomic E-state index is 13.3. The molecule has 1 unspecified atom stereocenters. The molecule has 1 aliphatic heterocycles. The first-order valence-electron chi connectivity index (χ1n) is 8.35. The van der Waals surface area contributed by atoms with Gasteiger partial charge in [-0.3, -0.25) is 14.3 Å². The molecule has 0 saturated carbocycles. The van der Waals surface area contributed by atoms with Crippen LogP contribution in [0.2, 0.25) is 0 Å². The van der Waals surface area contributed by atoms with Crippen LogP contribution in [0, 0.1) is 5.82 Å². The van der Waals surface area contributed by atoms with Gasteiger partial charge < -0.3 is 15.0 Å². The highest BCUT2D eigenvalue weighted by Crippen LogP contribution is 2.25. The molecule has 0 bridgehead atoms. The summed E-state index contributed by atoms with van der Waals surface area (Å²) >= 11 is 0. The highest BCUT2D eigenvalue weighted by molar-refractivity contribution is 5.80. The topological polar surface area (TPSA) is 76.5 Å². The normalized spacial score (nSPS) is 16.1. The van der Waals surface area contributed by atoms with Crippen molar-refractivity contribution in [3.05, 3.63) is 47.5 Å². The van der Waals surface area contributed by atoms with Gasteiger partial charge in [0.05, 0.1) is 38.2 Å². The third-order valence-electron chi connectivity index (χ3n) is 4.53. The number of carbonyl (C=O) groups excluding carboxylic acids is 2. The average molecular weight is 360 g/mol. The zero-order valence-corrected chi connectivity index (χ0v) is 14.7. The third-order valence-corrected chi connectivity index (χ3v) is 4.53. The molecule has 3 rings (SSSR count). The fourth-order valence-electron chi connectivity index (χ4n) is 3.18. The Hall–Kier alpha value is -2.90. The summed E-state index contributed by atoms with van der Waals surface area (Å²) < 4.78 is 20.3. The van der Waals surface area contributed by atoms with E-state index in [2.05, 4.69) is 10.4 Å². The van der Waals surface area contributed by atoms with Crippen LogP contribution < -0.4 is 10.1 Å². The lowest BCUT2D eigenvalue weighted by molar-refractivity contribution is -0.133. The first kappa shape index (κ1) is 17.9. The van der Waals surface area contributed by atoms with E-state index in [0.29, 0.717) is 24.4 Å². The Balaban J connectivity index is 1.77. The standard InChI is InChI=1S/C18H21FN4O3/c1-20-17(24)9-15-11-22(10-14-5-6-21-23(14)15)18(25)7-12-3-4-13(19)8-16(12)26-2/h3-6,8,15H,7,9-11H2,1-2H3,(H,20,24). The van der Waals surface area contributed by atoms with Crippen LogP contribution in [0.5, 0.6) is 5.75 Å². The van der Waals surface area contributed by atoms with E-state index in [1.165, 1.54) is 19.2 Å². The van der Waals surface area contributed by atoms with Crippen LogP contribution in [0.4, 0.5) is 4.39 Å². The van der Waals surface area contributed by atoms with Crippen LogP contribution in [0.3, 0.4) is 0 Å². The van der Waals surface area contributed by atoms with E-state index in [9.17, 15) is 14.0 Å². The lowest BCUT2D eigenvalue weighted by Crippen LogP contribution is -2.43. The Labute approximate surface area is 150 Å². The molecule has 0 saturated heterocycles. The largest absolute Gasteiger partial charge is 0.496 e. The second-order valence-electron chi connectivity index (χ2n) is 6.21. The smallest absolute Gasteiger partial charge is 0.227 e. The molecular weight excluding hydrogens is 339 g/mol. The number of carbonyl (C=O) groups is 2. The van der Waals surface area contributed by atoms with E-state index in [0.717, 1.165) is 5.69 Å². The highest BCUT2D eigenvalue weighted by atomic mass is 19.1. The van der Waals surface area contributed by atoms with Gasteiger partial charge in [-0.05, 0) is 12.1 Å². The molecule has 1 aromatic carbocycles. The Kier molecular flexibility index (Phi) is 5.20. The van der Waals surface area contributed by atoms with Crippen molar-refractivity contribution in [2.24, 2.45) is 0 Å². The Morgan fingerprint density at radius 3 is 2.92 bits per heavy atom. The van der Waals surface area contributed by atoms with E-state index in [1.807, 2.05) is 6.07 Å². The molecule has 26 heavy (non-hydrogen) atoms. The molecule has 7 nitrogen and oxygen atoms in total. The predicted octanol–water partition coefficient (Wildman–Crippen LogP) is 1.29. The number of fused-ring (bicyclic) bond motifs is 1. The van der Waals surface area contributed by atoms with Crippen LogP contribution in [0.1, 0.15) is 23.7 Å². The predicted molar refractivity (Wildman–Crippen MR) is 92.0 cm³/mol. The SMILES string of the molecule is CNC(=O)CC1CN(C(=O)Cc2ccc(F)cc2OC)Cc2ccnn21. The molecular formula is C18H21FN4O3. The lowest BCUT2D eigenvalue weighted by Gasteiger charge is -2.33. The molecule has 0 radical (unpaired) electrons. The van der Waals surface area contributed by atoms with Gasteiger partial charge in [0.15, 0.2) is 0 Å². The second kappa shape index (κ2) is 7.55. The summed E-state index contributed by atoms with van der Waals surface area (Å²) in [5, 5.41) is 6.88. The van der Waals surface area contributed by atoms with Crippen molar-refractivity contribution < 1.29 is 18.7 Å². The van der Waals surface area contributed by atoms with Gasteiger partial charge >= 0.3 is 0 Å². The van der Waals surface area contributed by atoms with Gasteiger partial charge in [0.2, 0.25) is 11.8 Å². The van der Waals surface area contributed by atoms with Crippen LogP contribution >= 0.6 is 0 Å². The number of hydrogen-bond donors (Lipinski definition) is 1. The van der Waals surface area contributed by atoms with E-state index >= 15 is 0 Å². The summed E-state index contributed by atoms with van der Waals surface area (Å²) in [7, 11) is 3.03. The average Bonchev–Trinajstić information content (AvgIpc) is 3.11. The van der Waals surface area contributed by atoms with Gasteiger partial charge in [0.1, 0.15) is 11.6 Å². The number of nitrogens with zero attached hydrogens (tertiary/aromatic N) is 3. The number of hydrogen-bond acceptors (Lipinski definition) is 4. The number of amides is 2. The number of nitrogens with one attached hydrogen (secondary N) is 1. The summed E-state index contributed by atoms with van der Waals surface area (Å²) in [5.74, 6) is -0.275. The van der Waals surface area contributed by atoms with E-state index < -0.39 is 5.82 Å². The quantitative estimate of drug-likeness (QED) is 0.872. The minimum Gasteiger partial charge on any atom is -0.496 e. The number of rotatable bonds is 5. The van der Waals surface area contributed by atoms with Gasteiger partial charge in [-0.25, -0.2) is 4.39 Å². The number of halogens is 1. The van der Waals surface area contributed by atoms with Gasteiger partial charge in [0.25, 0.3) is 0 Å². The maximum Gasteiger partial charge on any atom is 0.227 e. The van der Waals surface area contributed by atoms with Gasteiger partial charge in [0, 0.05) is 31.4 Å². The molecule has 8 heteroatoms. The summed E-state index contributed by atoms with van der Waals surface area (Å²) in [6.45, 7) is 0.816. The molecule has 0 aliphatic carbocycles. The molecule has 138 valence electrons. The molecule has 2 aromatic rings. The Morgan fingerprint density at radius 1 is 1.38 bits per heavy atom. The number of ether oxygens (including phenoxy) is 1. The van der Waals surface area contributed by atoms with E-state index in [4.69, 9.17) is 4.74 Å². The number of aromatic nitrogens is 2. The molecule has 1 aromatic heterocycles. The van der Waals surface area contributed by atoms with Crippen LogP contribution in [-0.4, -0.2) is 47.2 Å². The monoisotopic (exact) mass is 360 g/mol. The van der Waals surface area contributed by atoms with Gasteiger partial charge in [-0.1, -0.05) is 6.07 Å². The van der Waals surface area contributed by atoms with E-state index in [-0.39, 0.29) is 30.7 Å². The summed E-state index contributed by atoms with van der Waals surface area (Å²) in [4.78, 5) is 26.3. The van der Waals surface area contributed by atoms with Crippen LogP contribution in [0.25, 0.3) is 0 Å². The molecule has 1 aliphatic rings. The van der Waals surface area contributed by atoms with Crippen molar-refractivity contribution >= 4 is 11.8 Å². The zero-order valence-electron chi connectivity index (χ0n) is 14.7. The summed E-state index contributed by atoms with van der Waals surface area (Å²) in [5.41, 5.74) is 1.51. The van der Waals surface area contributed by atoms with E-state index in [1.54, 1.807) is 28.9 Å². The van der Waals surface area contributed by atoms with Crippen molar-refractivity contribution in [1.29, 1.82) is 0 Å². The highest BCUT2D eigenvalue weighted by Gasteiger charge is 2.30. The third kappa shape index (κ3) is 3.68. The summed E-state index contributed by atoms with van der Waals surface area (Å²) in [6, 6.07) is 5.76. The molecule has 1 atom stereocenters. The number of methoxy groups -OCH3 is 1. The number of benzene rings is 1. The van der Waals surface area contributed by atoms with Crippen molar-refractivity contribution in [2.45, 2.75) is 25.4 Å². The zero-order chi connectivity index (χ0) is 18.7. The van der Waals surface area contributed by atoms with Crippen LogP contribution in [0.15, 0.2) is 30.5 Å². The Morgan fingerprint density at radius 2 is 2.19 bits per heavy atom. The minimum atomic E-state index is -0.412. The molecule has 1 N–H and O–H groups in total. The Bertz CT molecular complexity index is 821. The molecule has 0 spiro atoms. The minimum absolute atomic E-state index is 0.101. The van der Waals surface area contributed by atoms with Crippen molar-refractivity contribution in [3.8, 4) is 5.75 Å². The first-order valence-corrected chi connectivity index (χ1v) is 8.35. The van der Waals surface area contributed by atoms with Crippen molar-refractivity contribution in [2.75, 3.05) is 20.7 Å². The fourth-order valence-corrected chi connectivity index (χ4v) is 3.18. The van der Waals surface area contributed by atoms with Crippen molar-refractivity contribution in [1.82, 2.24) is 20.0 Å². The summed E-state index contributed by atoms with van der Waals surface area (Å²) in [6.07, 6.45) is 2.02. The first-order chi connectivity index (χ1) is 12.5. The van der Waals surface area contributed by atoms with Crippen LogP contribution in [-0.2, 0) is 22.6 Å². The molecule has 2 heterocycles. The molecule has 0 fully saturated rings. The lowest BCUT2D eigenvalue weighted by atomic mass is 10.1. The van der Waals surface area contributed by atoms with Gasteiger partial charge in [-0.15, -0.1) is 0 Å². The second-order valence-corrected chi connectivity index (χ2v) is 6.21. The maximum absolute atomic E-state index is 13.3. The van der Waals surface area contributed by atoms with Crippen molar-refractivity contribution in [3.63, 3.8) is 0 Å². The molecule has 2 amide bonds.